The smallest absolute Gasteiger partial charge is 0.264 e. The zero-order valence-electron chi connectivity index (χ0n) is 18.8. The lowest BCUT2D eigenvalue weighted by atomic mass is 9.87. The summed E-state index contributed by atoms with van der Waals surface area (Å²) in [7, 11) is 0. The van der Waals surface area contributed by atoms with Crippen LogP contribution in [0.2, 0.25) is 0 Å². The van der Waals surface area contributed by atoms with Gasteiger partial charge in [-0.15, -0.1) is 0 Å². The molecule has 2 saturated carbocycles. The van der Waals surface area contributed by atoms with Gasteiger partial charge in [0.1, 0.15) is 4.75 Å². The summed E-state index contributed by atoms with van der Waals surface area (Å²) in [5.41, 5.74) is 0. The third-order valence-corrected chi connectivity index (χ3v) is 8.81. The summed E-state index contributed by atoms with van der Waals surface area (Å²) in [4.78, 5) is 42.4. The maximum atomic E-state index is 12.7. The number of amidine groups is 1. The van der Waals surface area contributed by atoms with Gasteiger partial charge in [-0.3, -0.25) is 14.4 Å². The Morgan fingerprint density at radius 2 is 1.97 bits per heavy atom. The van der Waals surface area contributed by atoms with Crippen molar-refractivity contribution in [1.29, 1.82) is 0 Å². The van der Waals surface area contributed by atoms with Crippen molar-refractivity contribution in [3.63, 3.8) is 0 Å². The van der Waals surface area contributed by atoms with Crippen LogP contribution < -0.4 is 10.6 Å². The molecule has 2 N–H and O–H groups in total. The van der Waals surface area contributed by atoms with Crippen LogP contribution in [0.4, 0.5) is 0 Å². The fourth-order valence-corrected chi connectivity index (χ4v) is 7.08. The standard InChI is InChI=1S/C23H36N4O3S/c1-15(28)24-9-3-4-20(29)27-10-7-16(8-11-27)14-23(2)21(30)26-22(31-23)25-19-13-17-5-6-18(19)12-17/h16-19H,3-14H2,1-2H3,(H,24,28)(H,25,26,30)/t17-,18-,19-,23?/m0/s1. The van der Waals surface area contributed by atoms with Gasteiger partial charge in [0.25, 0.3) is 5.91 Å². The number of fused-ring (bicyclic) bond motifs is 2. The highest BCUT2D eigenvalue weighted by molar-refractivity contribution is 8.16. The molecule has 2 aliphatic heterocycles. The van der Waals surface area contributed by atoms with Crippen molar-refractivity contribution < 1.29 is 14.4 Å². The molecule has 0 spiro atoms. The van der Waals surface area contributed by atoms with Crippen LogP contribution in [0.15, 0.2) is 4.99 Å². The van der Waals surface area contributed by atoms with Crippen molar-refractivity contribution in [1.82, 2.24) is 15.5 Å². The van der Waals surface area contributed by atoms with Crippen LogP contribution in [0.5, 0.6) is 0 Å². The molecule has 3 fully saturated rings. The quantitative estimate of drug-likeness (QED) is 0.585. The van der Waals surface area contributed by atoms with Crippen LogP contribution >= 0.6 is 11.8 Å². The molecule has 2 heterocycles. The van der Waals surface area contributed by atoms with Gasteiger partial charge in [0.05, 0.1) is 0 Å². The first-order chi connectivity index (χ1) is 14.8. The first-order valence-electron chi connectivity index (χ1n) is 11.9. The predicted octanol–water partition coefficient (Wildman–Crippen LogP) is 2.70. The molecule has 4 atom stereocenters. The SMILES string of the molecule is CC(=O)NCCCC(=O)N1CCC(CC2(C)SC(N[C@H]3C[C@H]4CC[C@H]3C4)=NC2=O)CC1. The largest absolute Gasteiger partial charge is 0.361 e. The molecule has 0 aromatic heterocycles. The summed E-state index contributed by atoms with van der Waals surface area (Å²) in [5.74, 6) is 2.19. The van der Waals surface area contributed by atoms with E-state index in [4.69, 9.17) is 0 Å². The van der Waals surface area contributed by atoms with Crippen molar-refractivity contribution in [2.45, 2.75) is 82.4 Å². The lowest BCUT2D eigenvalue weighted by Crippen LogP contribution is -2.41. The van der Waals surface area contributed by atoms with E-state index in [0.717, 1.165) is 49.4 Å². The van der Waals surface area contributed by atoms with E-state index in [1.165, 1.54) is 32.6 Å². The van der Waals surface area contributed by atoms with Crippen molar-refractivity contribution in [3.05, 3.63) is 0 Å². The van der Waals surface area contributed by atoms with E-state index in [9.17, 15) is 14.4 Å². The Bertz CT molecular complexity index is 749. The van der Waals surface area contributed by atoms with E-state index >= 15 is 0 Å². The number of rotatable bonds is 7. The lowest BCUT2D eigenvalue weighted by molar-refractivity contribution is -0.133. The van der Waals surface area contributed by atoms with Crippen molar-refractivity contribution in [2.24, 2.45) is 22.7 Å². The molecule has 4 aliphatic rings. The van der Waals surface area contributed by atoms with Gasteiger partial charge in [-0.05, 0) is 69.6 Å². The minimum atomic E-state index is -0.477. The lowest BCUT2D eigenvalue weighted by Gasteiger charge is -2.35. The number of aliphatic imine (C=N–C) groups is 1. The van der Waals surface area contributed by atoms with Gasteiger partial charge in [0, 0.05) is 39.0 Å². The minimum Gasteiger partial charge on any atom is -0.361 e. The third-order valence-electron chi connectivity index (χ3n) is 7.61. The van der Waals surface area contributed by atoms with E-state index in [0.29, 0.717) is 31.3 Å². The molecule has 31 heavy (non-hydrogen) atoms. The van der Waals surface area contributed by atoms with E-state index in [1.54, 1.807) is 11.8 Å². The average molecular weight is 449 g/mol. The van der Waals surface area contributed by atoms with Crippen molar-refractivity contribution >= 4 is 34.7 Å². The first-order valence-corrected chi connectivity index (χ1v) is 12.7. The molecule has 0 radical (unpaired) electrons. The topological polar surface area (TPSA) is 90.9 Å². The zero-order valence-corrected chi connectivity index (χ0v) is 19.6. The van der Waals surface area contributed by atoms with Crippen LogP contribution in [0.3, 0.4) is 0 Å². The number of hydrogen-bond donors (Lipinski definition) is 2. The Kier molecular flexibility index (Phi) is 6.94. The number of amides is 3. The zero-order chi connectivity index (χ0) is 22.0. The monoisotopic (exact) mass is 448 g/mol. The van der Waals surface area contributed by atoms with Gasteiger partial charge in [0.2, 0.25) is 11.8 Å². The number of piperidine rings is 1. The summed E-state index contributed by atoms with van der Waals surface area (Å²) >= 11 is 1.63. The highest BCUT2D eigenvalue weighted by Gasteiger charge is 2.46. The Balaban J connectivity index is 1.19. The Morgan fingerprint density at radius 1 is 1.19 bits per heavy atom. The number of carbonyl (C=O) groups excluding carboxylic acids is 3. The van der Waals surface area contributed by atoms with Gasteiger partial charge in [0.15, 0.2) is 5.17 Å². The Morgan fingerprint density at radius 3 is 2.61 bits per heavy atom. The van der Waals surface area contributed by atoms with E-state index in [2.05, 4.69) is 15.6 Å². The minimum absolute atomic E-state index is 0.000339. The summed E-state index contributed by atoms with van der Waals surface area (Å²) in [6.07, 6.45) is 9.11. The number of nitrogens with one attached hydrogen (secondary N) is 2. The highest BCUT2D eigenvalue weighted by atomic mass is 32.2. The number of likely N-dealkylation sites (tertiary alicyclic amines) is 1. The first kappa shape index (κ1) is 22.6. The van der Waals surface area contributed by atoms with E-state index in [-0.39, 0.29) is 17.7 Å². The number of nitrogens with zero attached hydrogens (tertiary/aromatic N) is 2. The fourth-order valence-electron chi connectivity index (χ4n) is 5.86. The molecule has 2 aliphatic carbocycles. The third kappa shape index (κ3) is 5.44. The summed E-state index contributed by atoms with van der Waals surface area (Å²) < 4.78 is -0.477. The fraction of sp³-hybridized carbons (Fsp3) is 0.826. The van der Waals surface area contributed by atoms with E-state index < -0.39 is 4.75 Å². The molecule has 7 nitrogen and oxygen atoms in total. The second-order valence-electron chi connectivity index (χ2n) is 10.1. The summed E-state index contributed by atoms with van der Waals surface area (Å²) in [6.45, 7) is 5.60. The number of thioether (sulfide) groups is 1. The molecular formula is C23H36N4O3S. The van der Waals surface area contributed by atoms with Crippen molar-refractivity contribution in [2.75, 3.05) is 19.6 Å². The predicted molar refractivity (Wildman–Crippen MR) is 123 cm³/mol. The Labute approximate surface area is 189 Å². The molecule has 0 aromatic carbocycles. The molecule has 2 bridgehead atoms. The molecule has 4 rings (SSSR count). The molecule has 1 unspecified atom stereocenters. The molecule has 8 heteroatoms. The second-order valence-corrected chi connectivity index (χ2v) is 11.6. The number of hydrogen-bond acceptors (Lipinski definition) is 5. The molecular weight excluding hydrogens is 412 g/mol. The van der Waals surface area contributed by atoms with Crippen LogP contribution in [-0.2, 0) is 14.4 Å². The molecule has 172 valence electrons. The normalized spacial score (nSPS) is 33.0. The van der Waals surface area contributed by atoms with E-state index in [1.807, 2.05) is 11.8 Å². The van der Waals surface area contributed by atoms with Gasteiger partial charge in [-0.2, -0.15) is 4.99 Å². The van der Waals surface area contributed by atoms with Crippen LogP contribution in [0.1, 0.15) is 71.6 Å². The molecule has 1 saturated heterocycles. The van der Waals surface area contributed by atoms with Gasteiger partial charge in [-0.25, -0.2) is 0 Å². The molecule has 3 amide bonds. The van der Waals surface area contributed by atoms with Gasteiger partial charge in [-0.1, -0.05) is 18.2 Å². The maximum absolute atomic E-state index is 12.7. The van der Waals surface area contributed by atoms with Gasteiger partial charge < -0.3 is 15.5 Å². The highest BCUT2D eigenvalue weighted by Crippen LogP contribution is 2.46. The van der Waals surface area contributed by atoms with Crippen LogP contribution in [0, 0.1) is 17.8 Å². The number of carbonyl (C=O) groups is 3. The summed E-state index contributed by atoms with van der Waals surface area (Å²) in [6, 6.07) is 0.500. The van der Waals surface area contributed by atoms with Crippen molar-refractivity contribution in [3.8, 4) is 0 Å². The molecule has 0 aromatic rings. The summed E-state index contributed by atoms with van der Waals surface area (Å²) in [5, 5.41) is 7.16. The average Bonchev–Trinajstić information content (AvgIpc) is 3.41. The van der Waals surface area contributed by atoms with Crippen LogP contribution in [0.25, 0.3) is 0 Å². The van der Waals surface area contributed by atoms with Gasteiger partial charge >= 0.3 is 0 Å². The van der Waals surface area contributed by atoms with Crippen LogP contribution in [-0.4, -0.2) is 58.2 Å². The Hall–Kier alpha value is -1.57. The second kappa shape index (κ2) is 9.51. The maximum Gasteiger partial charge on any atom is 0.264 e.